The minimum absolute atomic E-state index is 0.0152. The van der Waals surface area contributed by atoms with Crippen LogP contribution in [0.25, 0.3) is 0 Å². The second kappa shape index (κ2) is 8.77. The van der Waals surface area contributed by atoms with E-state index < -0.39 is 5.60 Å². The van der Waals surface area contributed by atoms with Crippen LogP contribution in [0.3, 0.4) is 0 Å². The minimum Gasteiger partial charge on any atom is -0.497 e. The van der Waals surface area contributed by atoms with Gasteiger partial charge in [-0.1, -0.05) is 6.92 Å². The molecule has 1 aromatic carbocycles. The number of amides is 3. The summed E-state index contributed by atoms with van der Waals surface area (Å²) in [6.45, 7) is 4.59. The molecule has 2 fully saturated rings. The third-order valence-electron chi connectivity index (χ3n) is 6.78. The van der Waals surface area contributed by atoms with Crippen molar-refractivity contribution in [3.63, 3.8) is 0 Å². The van der Waals surface area contributed by atoms with E-state index in [1.807, 2.05) is 4.90 Å². The summed E-state index contributed by atoms with van der Waals surface area (Å²) in [7, 11) is 1.57. The van der Waals surface area contributed by atoms with Crippen LogP contribution in [0.2, 0.25) is 0 Å². The van der Waals surface area contributed by atoms with Crippen LogP contribution in [-0.2, 0) is 9.59 Å². The molecule has 0 saturated carbocycles. The van der Waals surface area contributed by atoms with Gasteiger partial charge in [0.05, 0.1) is 25.8 Å². The number of methoxy groups -OCH3 is 1. The second-order valence-corrected chi connectivity index (χ2v) is 8.96. The van der Waals surface area contributed by atoms with Gasteiger partial charge in [0.15, 0.2) is 0 Å². The molecular weight excluding hydrogens is 398 g/mol. The van der Waals surface area contributed by atoms with Crippen molar-refractivity contribution < 1.29 is 23.9 Å². The molecule has 8 heteroatoms. The lowest BCUT2D eigenvalue weighted by molar-refractivity contribution is -0.141. The Labute approximate surface area is 182 Å². The number of likely N-dealkylation sites (tertiary alicyclic amines) is 2. The lowest BCUT2D eigenvalue weighted by Gasteiger charge is -2.33. The molecule has 2 saturated heterocycles. The normalized spacial score (nSPS) is 24.7. The molecule has 0 bridgehead atoms. The predicted octanol–water partition coefficient (Wildman–Crippen LogP) is 1.83. The van der Waals surface area contributed by atoms with Gasteiger partial charge in [-0.25, -0.2) is 0 Å². The van der Waals surface area contributed by atoms with E-state index in [-0.39, 0.29) is 30.7 Å². The molecular formula is C23H31N3O5. The lowest BCUT2D eigenvalue weighted by Crippen LogP contribution is -2.47. The summed E-state index contributed by atoms with van der Waals surface area (Å²) in [5, 5.41) is 2.94. The van der Waals surface area contributed by atoms with Crippen molar-refractivity contribution in [2.75, 3.05) is 39.8 Å². The average Bonchev–Trinajstić information content (AvgIpc) is 3.01. The van der Waals surface area contributed by atoms with Crippen LogP contribution in [0.4, 0.5) is 0 Å². The maximum atomic E-state index is 12.8. The Morgan fingerprint density at radius 1 is 1.23 bits per heavy atom. The van der Waals surface area contributed by atoms with E-state index >= 15 is 0 Å². The summed E-state index contributed by atoms with van der Waals surface area (Å²) in [6.07, 6.45) is 3.33. The first-order chi connectivity index (χ1) is 14.9. The smallest absolute Gasteiger partial charge is 0.255 e. The van der Waals surface area contributed by atoms with Crippen LogP contribution in [-0.4, -0.2) is 73.0 Å². The molecule has 1 aromatic rings. The number of piperidine rings is 1. The molecule has 168 valence electrons. The molecule has 0 aliphatic carbocycles. The summed E-state index contributed by atoms with van der Waals surface area (Å²) in [5.74, 6) is 1.50. The van der Waals surface area contributed by atoms with E-state index in [4.69, 9.17) is 9.47 Å². The first kappa shape index (κ1) is 21.5. The van der Waals surface area contributed by atoms with Gasteiger partial charge < -0.3 is 24.6 Å². The van der Waals surface area contributed by atoms with E-state index in [0.29, 0.717) is 48.9 Å². The average molecular weight is 430 g/mol. The summed E-state index contributed by atoms with van der Waals surface area (Å²) in [5.41, 5.74) is -0.235. The fraction of sp³-hybridized carbons (Fsp3) is 0.609. The summed E-state index contributed by atoms with van der Waals surface area (Å²) < 4.78 is 11.7. The first-order valence-electron chi connectivity index (χ1n) is 11.1. The number of nitrogens with one attached hydrogen (secondary N) is 1. The highest BCUT2D eigenvalue weighted by Gasteiger charge is 2.41. The van der Waals surface area contributed by atoms with E-state index in [1.54, 1.807) is 30.2 Å². The number of hydrogen-bond acceptors (Lipinski definition) is 5. The van der Waals surface area contributed by atoms with Crippen LogP contribution >= 0.6 is 0 Å². The molecule has 3 amide bonds. The van der Waals surface area contributed by atoms with Gasteiger partial charge in [0.2, 0.25) is 11.8 Å². The molecule has 8 nitrogen and oxygen atoms in total. The van der Waals surface area contributed by atoms with Gasteiger partial charge in [-0.2, -0.15) is 0 Å². The molecule has 0 radical (unpaired) electrons. The second-order valence-electron chi connectivity index (χ2n) is 8.96. The van der Waals surface area contributed by atoms with Crippen LogP contribution in [0, 0.1) is 5.92 Å². The predicted molar refractivity (Wildman–Crippen MR) is 114 cm³/mol. The maximum absolute atomic E-state index is 12.8. The van der Waals surface area contributed by atoms with Gasteiger partial charge in [-0.15, -0.1) is 0 Å². The zero-order valence-corrected chi connectivity index (χ0v) is 18.3. The number of carbonyl (C=O) groups excluding carboxylic acids is 3. The largest absolute Gasteiger partial charge is 0.497 e. The molecule has 31 heavy (non-hydrogen) atoms. The van der Waals surface area contributed by atoms with Crippen molar-refractivity contribution in [3.8, 4) is 11.5 Å². The molecule has 1 atom stereocenters. The van der Waals surface area contributed by atoms with Crippen LogP contribution in [0.15, 0.2) is 18.2 Å². The van der Waals surface area contributed by atoms with Gasteiger partial charge in [0, 0.05) is 38.5 Å². The van der Waals surface area contributed by atoms with Crippen molar-refractivity contribution >= 4 is 17.7 Å². The highest BCUT2D eigenvalue weighted by Crippen LogP contribution is 2.35. The van der Waals surface area contributed by atoms with Crippen LogP contribution in [0.5, 0.6) is 11.5 Å². The van der Waals surface area contributed by atoms with Gasteiger partial charge >= 0.3 is 0 Å². The summed E-state index contributed by atoms with van der Waals surface area (Å²) >= 11 is 0. The Morgan fingerprint density at radius 3 is 2.74 bits per heavy atom. The van der Waals surface area contributed by atoms with Gasteiger partial charge in [-0.05, 0) is 37.3 Å². The fourth-order valence-corrected chi connectivity index (χ4v) is 4.56. The third kappa shape index (κ3) is 4.62. The van der Waals surface area contributed by atoms with Crippen molar-refractivity contribution in [1.82, 2.24) is 15.1 Å². The topological polar surface area (TPSA) is 88.2 Å². The van der Waals surface area contributed by atoms with Crippen molar-refractivity contribution in [1.29, 1.82) is 0 Å². The zero-order valence-electron chi connectivity index (χ0n) is 18.3. The van der Waals surface area contributed by atoms with Crippen LogP contribution in [0.1, 0.15) is 49.4 Å². The van der Waals surface area contributed by atoms with E-state index in [0.717, 1.165) is 25.9 Å². The number of fused-ring (bicyclic) bond motifs is 1. The number of nitrogens with zero attached hydrogens (tertiary/aromatic N) is 2. The highest BCUT2D eigenvalue weighted by molar-refractivity contribution is 5.97. The molecule has 0 aromatic heterocycles. The Bertz CT molecular complexity index is 865. The number of benzene rings is 1. The van der Waals surface area contributed by atoms with E-state index in [2.05, 4.69) is 12.2 Å². The minimum atomic E-state index is -0.693. The third-order valence-corrected chi connectivity index (χ3v) is 6.78. The van der Waals surface area contributed by atoms with Crippen LogP contribution < -0.4 is 14.8 Å². The quantitative estimate of drug-likeness (QED) is 0.792. The first-order valence-corrected chi connectivity index (χ1v) is 11.1. The van der Waals surface area contributed by atoms with Crippen molar-refractivity contribution in [2.45, 2.75) is 44.6 Å². The van der Waals surface area contributed by atoms with Crippen molar-refractivity contribution in [2.24, 2.45) is 5.92 Å². The summed E-state index contributed by atoms with van der Waals surface area (Å²) in [4.78, 5) is 41.6. The molecule has 3 aliphatic rings. The lowest BCUT2D eigenvalue weighted by atomic mass is 9.94. The molecule has 4 rings (SSSR count). The highest BCUT2D eigenvalue weighted by atomic mass is 16.5. The number of hydrogen-bond donors (Lipinski definition) is 1. The Balaban J connectivity index is 1.46. The van der Waals surface area contributed by atoms with Gasteiger partial charge in [0.25, 0.3) is 5.91 Å². The molecule has 1 unspecified atom stereocenters. The maximum Gasteiger partial charge on any atom is 0.255 e. The van der Waals surface area contributed by atoms with Gasteiger partial charge in [-0.3, -0.25) is 14.4 Å². The number of rotatable bonds is 3. The molecule has 1 N–H and O–H groups in total. The molecule has 3 aliphatic heterocycles. The van der Waals surface area contributed by atoms with E-state index in [9.17, 15) is 14.4 Å². The van der Waals surface area contributed by atoms with Gasteiger partial charge in [0.1, 0.15) is 17.1 Å². The Morgan fingerprint density at radius 2 is 2.00 bits per heavy atom. The SMILES string of the molecule is COc1ccc2c(c1)OC1(CCC(=O)N(CC(=O)N3CCC(C)CC3)CC1)CNC2=O. The molecule has 3 heterocycles. The standard InChI is InChI=1S/C23H31N3O5/c1-16-6-10-25(11-7-16)21(28)14-26-12-9-23(8-5-20(26)27)15-24-22(29)18-4-3-17(30-2)13-19(18)31-23/h3-4,13,16H,5-12,14-15H2,1-2H3,(H,24,29). The molecule has 1 spiro atoms. The zero-order chi connectivity index (χ0) is 22.0. The fourth-order valence-electron chi connectivity index (χ4n) is 4.56. The number of carbonyl (C=O) groups is 3. The summed E-state index contributed by atoms with van der Waals surface area (Å²) in [6, 6.07) is 5.13. The monoisotopic (exact) mass is 429 g/mol. The van der Waals surface area contributed by atoms with E-state index in [1.165, 1.54) is 0 Å². The Kier molecular flexibility index (Phi) is 6.07. The Hall–Kier alpha value is -2.77. The van der Waals surface area contributed by atoms with Crippen molar-refractivity contribution in [3.05, 3.63) is 23.8 Å². The number of ether oxygens (including phenoxy) is 2.